The molecule has 2 N–H and O–H groups in total. The predicted octanol–water partition coefficient (Wildman–Crippen LogP) is 4.87. The number of pyridine rings is 2. The highest BCUT2D eigenvalue weighted by molar-refractivity contribution is 6.35. The van der Waals surface area contributed by atoms with Gasteiger partial charge in [0.15, 0.2) is 11.3 Å². The average Bonchev–Trinajstić information content (AvgIpc) is 3.02. The normalized spacial score (nSPS) is 12.1. The van der Waals surface area contributed by atoms with E-state index < -0.39 is 11.9 Å². The Kier molecular flexibility index (Phi) is 4.11. The summed E-state index contributed by atoms with van der Waals surface area (Å²) in [6, 6.07) is 8.34. The molecule has 144 valence electrons. The van der Waals surface area contributed by atoms with E-state index in [-0.39, 0.29) is 16.9 Å². The summed E-state index contributed by atoms with van der Waals surface area (Å²) in [6.07, 6.45) is -3.18. The number of aromatic nitrogens is 3. The second kappa shape index (κ2) is 6.27. The Hall–Kier alpha value is -3.00. The third kappa shape index (κ3) is 2.72. The van der Waals surface area contributed by atoms with Crippen molar-refractivity contribution in [1.82, 2.24) is 14.4 Å². The number of hydrogen-bond donors (Lipinski definition) is 2. The van der Waals surface area contributed by atoms with Gasteiger partial charge in [0, 0.05) is 24.0 Å². The van der Waals surface area contributed by atoms with Crippen molar-refractivity contribution in [2.75, 3.05) is 12.4 Å². The van der Waals surface area contributed by atoms with Crippen LogP contribution in [0.3, 0.4) is 0 Å². The smallest absolute Gasteiger partial charge is 0.385 e. The van der Waals surface area contributed by atoms with Crippen LogP contribution in [0, 0.1) is 6.92 Å². The molecule has 28 heavy (non-hydrogen) atoms. The van der Waals surface area contributed by atoms with Gasteiger partial charge in [-0.2, -0.15) is 13.2 Å². The van der Waals surface area contributed by atoms with Gasteiger partial charge in [-0.3, -0.25) is 9.20 Å². The zero-order chi connectivity index (χ0) is 20.2. The average molecular weight is 407 g/mol. The summed E-state index contributed by atoms with van der Waals surface area (Å²) >= 11 is 6.20. The van der Waals surface area contributed by atoms with Crippen molar-refractivity contribution in [2.45, 2.75) is 13.1 Å². The molecule has 0 radical (unpaired) electrons. The summed E-state index contributed by atoms with van der Waals surface area (Å²) in [7, 11) is 1.62. The second-order valence-corrected chi connectivity index (χ2v) is 6.72. The molecule has 4 rings (SSSR count). The van der Waals surface area contributed by atoms with Gasteiger partial charge in [0.2, 0.25) is 0 Å². The fraction of sp³-hybridized carbons (Fsp3) is 0.158. The van der Waals surface area contributed by atoms with Crippen LogP contribution in [0.2, 0.25) is 5.02 Å². The first-order valence-electron chi connectivity index (χ1n) is 8.30. The van der Waals surface area contributed by atoms with E-state index in [1.807, 2.05) is 0 Å². The zero-order valence-corrected chi connectivity index (χ0v) is 15.5. The molecule has 9 heteroatoms. The van der Waals surface area contributed by atoms with E-state index in [0.29, 0.717) is 32.7 Å². The van der Waals surface area contributed by atoms with Crippen molar-refractivity contribution in [2.24, 2.45) is 0 Å². The van der Waals surface area contributed by atoms with Crippen molar-refractivity contribution in [3.05, 3.63) is 63.3 Å². The van der Waals surface area contributed by atoms with Crippen LogP contribution in [-0.2, 0) is 6.18 Å². The van der Waals surface area contributed by atoms with Crippen LogP contribution in [0.25, 0.3) is 27.7 Å². The van der Waals surface area contributed by atoms with Crippen molar-refractivity contribution in [1.29, 1.82) is 0 Å². The van der Waals surface area contributed by atoms with Gasteiger partial charge >= 0.3 is 6.18 Å². The number of alkyl halides is 3. The number of nitrogens with zero attached hydrogens (tertiary/aromatic N) is 2. The number of anilines is 1. The topological polar surface area (TPSA) is 62.2 Å². The van der Waals surface area contributed by atoms with E-state index in [0.717, 1.165) is 0 Å². The molecule has 0 saturated carbocycles. The van der Waals surface area contributed by atoms with Gasteiger partial charge in [-0.25, -0.2) is 4.98 Å². The van der Waals surface area contributed by atoms with Gasteiger partial charge in [0.1, 0.15) is 0 Å². The van der Waals surface area contributed by atoms with E-state index in [1.165, 1.54) is 17.5 Å². The van der Waals surface area contributed by atoms with Gasteiger partial charge in [-0.05, 0) is 36.8 Å². The Balaban J connectivity index is 2.07. The molecule has 0 atom stereocenters. The van der Waals surface area contributed by atoms with Crippen molar-refractivity contribution in [3.8, 4) is 11.3 Å². The maximum absolute atomic E-state index is 13.4. The molecule has 0 saturated heterocycles. The molecule has 0 bridgehead atoms. The van der Waals surface area contributed by atoms with Crippen LogP contribution in [0.1, 0.15) is 11.4 Å². The van der Waals surface area contributed by atoms with Crippen molar-refractivity contribution in [3.63, 3.8) is 0 Å². The minimum absolute atomic E-state index is 0.0216. The lowest BCUT2D eigenvalue weighted by molar-refractivity contribution is -0.141. The first-order valence-corrected chi connectivity index (χ1v) is 8.68. The van der Waals surface area contributed by atoms with Crippen molar-refractivity contribution >= 4 is 33.7 Å². The molecule has 0 spiro atoms. The van der Waals surface area contributed by atoms with Gasteiger partial charge in [0.25, 0.3) is 5.56 Å². The molecule has 5 nitrogen and oxygen atoms in total. The molecule has 0 unspecified atom stereocenters. The number of H-pyrrole nitrogens is 1. The summed E-state index contributed by atoms with van der Waals surface area (Å²) < 4.78 is 41.7. The predicted molar refractivity (Wildman–Crippen MR) is 103 cm³/mol. The number of aryl methyl sites for hydroxylation is 1. The lowest BCUT2D eigenvalue weighted by Gasteiger charge is -2.12. The second-order valence-electron chi connectivity index (χ2n) is 6.31. The van der Waals surface area contributed by atoms with Crippen LogP contribution >= 0.6 is 11.6 Å². The molecule has 0 aliphatic heterocycles. The maximum Gasteiger partial charge on any atom is 0.435 e. The summed E-state index contributed by atoms with van der Waals surface area (Å²) in [5, 5.41) is 4.13. The summed E-state index contributed by atoms with van der Waals surface area (Å²) in [4.78, 5) is 18.3. The summed E-state index contributed by atoms with van der Waals surface area (Å²) in [5.74, 6) is 0. The lowest BCUT2D eigenvalue weighted by Crippen LogP contribution is -2.08. The van der Waals surface area contributed by atoms with Crippen molar-refractivity contribution < 1.29 is 13.2 Å². The minimum Gasteiger partial charge on any atom is -0.385 e. The highest BCUT2D eigenvalue weighted by atomic mass is 35.5. The van der Waals surface area contributed by atoms with E-state index >= 15 is 0 Å². The molecule has 0 amide bonds. The van der Waals surface area contributed by atoms with E-state index in [2.05, 4.69) is 15.3 Å². The van der Waals surface area contributed by atoms with Crippen LogP contribution in [0.4, 0.5) is 18.9 Å². The highest BCUT2D eigenvalue weighted by Crippen LogP contribution is 2.36. The van der Waals surface area contributed by atoms with Crippen LogP contribution in [-0.4, -0.2) is 21.4 Å². The van der Waals surface area contributed by atoms with Crippen LogP contribution in [0.15, 0.2) is 41.3 Å². The standard InChI is InChI=1S/C19H14ClF3N4O/c1-9-16(19(21,22)23)26-17-14(24-2)5-6-15(27(9)17)10-3-4-11-12(7-10)13(20)8-25-18(11)28/h3-8,24H,1-2H3,(H,25,28). The fourth-order valence-electron chi connectivity index (χ4n) is 3.36. The molecule has 3 heterocycles. The number of hydrogen-bond acceptors (Lipinski definition) is 3. The Morgan fingerprint density at radius 2 is 1.93 bits per heavy atom. The lowest BCUT2D eigenvalue weighted by atomic mass is 10.1. The van der Waals surface area contributed by atoms with Gasteiger partial charge < -0.3 is 10.3 Å². The minimum atomic E-state index is -4.57. The number of nitrogens with one attached hydrogen (secondary N) is 2. The first-order chi connectivity index (χ1) is 13.2. The van der Waals surface area contributed by atoms with Crippen LogP contribution < -0.4 is 10.9 Å². The molecule has 0 aliphatic carbocycles. The Morgan fingerprint density at radius 1 is 1.18 bits per heavy atom. The zero-order valence-electron chi connectivity index (χ0n) is 14.8. The van der Waals surface area contributed by atoms with E-state index in [1.54, 1.807) is 37.4 Å². The van der Waals surface area contributed by atoms with Gasteiger partial charge in [-0.1, -0.05) is 17.7 Å². The number of fused-ring (bicyclic) bond motifs is 2. The Labute approximate surface area is 161 Å². The van der Waals surface area contributed by atoms with Gasteiger partial charge in [-0.15, -0.1) is 0 Å². The molecule has 0 aliphatic rings. The monoisotopic (exact) mass is 406 g/mol. The molecular weight excluding hydrogens is 393 g/mol. The summed E-state index contributed by atoms with van der Waals surface area (Å²) in [6.45, 7) is 1.38. The fourth-order valence-corrected chi connectivity index (χ4v) is 3.57. The SMILES string of the molecule is CNc1ccc(-c2ccc3c(=O)[nH]cc(Cl)c3c2)n2c(C)c(C(F)(F)F)nc12. The molecule has 4 aromatic rings. The van der Waals surface area contributed by atoms with Gasteiger partial charge in [0.05, 0.1) is 22.1 Å². The third-order valence-electron chi connectivity index (χ3n) is 4.68. The quantitative estimate of drug-likeness (QED) is 0.499. The van der Waals surface area contributed by atoms with Crippen LogP contribution in [0.5, 0.6) is 0 Å². The number of halogens is 4. The van der Waals surface area contributed by atoms with E-state index in [4.69, 9.17) is 11.6 Å². The molecule has 3 aromatic heterocycles. The first kappa shape index (κ1) is 18.4. The number of aromatic amines is 1. The Morgan fingerprint density at radius 3 is 2.61 bits per heavy atom. The molecule has 1 aromatic carbocycles. The molecular formula is C19H14ClF3N4O. The third-order valence-corrected chi connectivity index (χ3v) is 5.00. The highest BCUT2D eigenvalue weighted by Gasteiger charge is 2.37. The van der Waals surface area contributed by atoms with E-state index in [9.17, 15) is 18.0 Å². The number of imidazole rings is 1. The Bertz CT molecular complexity index is 1290. The number of benzene rings is 1. The largest absolute Gasteiger partial charge is 0.435 e. The summed E-state index contributed by atoms with van der Waals surface area (Å²) in [5.41, 5.74) is 0.507. The molecule has 0 fully saturated rings. The maximum atomic E-state index is 13.4. The number of rotatable bonds is 2.